The average molecular weight is 623 g/mol. The summed E-state index contributed by atoms with van der Waals surface area (Å²) < 4.78 is 6.65. The smallest absolute Gasteiger partial charge is 0.143 e. The second-order valence-corrected chi connectivity index (χ2v) is 12.7. The highest BCUT2D eigenvalue weighted by Crippen LogP contribution is 2.47. The number of fused-ring (bicyclic) bond motifs is 6. The Bertz CT molecular complexity index is 2800. The highest BCUT2D eigenvalue weighted by atomic mass is 16.3. The molecule has 0 aliphatic heterocycles. The Labute approximate surface area is 284 Å². The standard InChI is InChI=1S/C48H30O/c1-3-15-31(16-4-1)33-23-11-29-43-47-38(28-14-30-44(47)49-48(33)43)36-26-12-25-35-34(36)24-13-27-37(35)46-41-21-9-7-19-39(41)45(32-17-5-2-6-18-32)40-20-8-10-22-42(40)46/h1-30H. The molecule has 0 fully saturated rings. The fourth-order valence-corrected chi connectivity index (χ4v) is 8.01. The van der Waals surface area contributed by atoms with Gasteiger partial charge in [-0.25, -0.2) is 0 Å². The zero-order valence-electron chi connectivity index (χ0n) is 26.7. The molecule has 0 aliphatic carbocycles. The van der Waals surface area contributed by atoms with Crippen molar-refractivity contribution < 1.29 is 4.42 Å². The predicted molar refractivity (Wildman–Crippen MR) is 208 cm³/mol. The van der Waals surface area contributed by atoms with Crippen LogP contribution in [0.3, 0.4) is 0 Å². The molecular formula is C48H30O. The molecule has 1 nitrogen and oxygen atoms in total. The van der Waals surface area contributed by atoms with Gasteiger partial charge in [-0.2, -0.15) is 0 Å². The molecule has 9 aromatic carbocycles. The minimum absolute atomic E-state index is 0.900. The summed E-state index contributed by atoms with van der Waals surface area (Å²) in [7, 11) is 0. The van der Waals surface area contributed by atoms with Gasteiger partial charge in [-0.05, 0) is 77.3 Å². The largest absolute Gasteiger partial charge is 0.455 e. The van der Waals surface area contributed by atoms with E-state index >= 15 is 0 Å². The van der Waals surface area contributed by atoms with E-state index in [0.29, 0.717) is 0 Å². The maximum Gasteiger partial charge on any atom is 0.143 e. The second-order valence-electron chi connectivity index (χ2n) is 12.7. The van der Waals surface area contributed by atoms with Gasteiger partial charge in [0.15, 0.2) is 0 Å². The molecule has 1 heteroatoms. The zero-order valence-corrected chi connectivity index (χ0v) is 26.7. The quantitative estimate of drug-likeness (QED) is 0.178. The van der Waals surface area contributed by atoms with E-state index in [1.165, 1.54) is 65.7 Å². The van der Waals surface area contributed by atoms with Crippen molar-refractivity contribution in [2.24, 2.45) is 0 Å². The van der Waals surface area contributed by atoms with Crippen molar-refractivity contribution in [1.82, 2.24) is 0 Å². The van der Waals surface area contributed by atoms with Crippen LogP contribution in [0.4, 0.5) is 0 Å². The maximum absolute atomic E-state index is 6.65. The summed E-state index contributed by atoms with van der Waals surface area (Å²) in [6, 6.07) is 65.6. The van der Waals surface area contributed by atoms with E-state index < -0.39 is 0 Å². The molecule has 1 heterocycles. The van der Waals surface area contributed by atoms with E-state index in [-0.39, 0.29) is 0 Å². The Kier molecular flexibility index (Phi) is 6.25. The fraction of sp³-hybridized carbons (Fsp3) is 0. The molecule has 0 N–H and O–H groups in total. The van der Waals surface area contributed by atoms with Crippen molar-refractivity contribution in [2.45, 2.75) is 0 Å². The van der Waals surface area contributed by atoms with E-state index in [2.05, 4.69) is 182 Å². The van der Waals surface area contributed by atoms with Crippen LogP contribution in [0.15, 0.2) is 186 Å². The summed E-state index contributed by atoms with van der Waals surface area (Å²) in [5.41, 5.74) is 11.5. The summed E-state index contributed by atoms with van der Waals surface area (Å²) in [6.07, 6.45) is 0. The van der Waals surface area contributed by atoms with Gasteiger partial charge < -0.3 is 4.42 Å². The van der Waals surface area contributed by atoms with Gasteiger partial charge in [0.2, 0.25) is 0 Å². The molecule has 10 rings (SSSR count). The van der Waals surface area contributed by atoms with Crippen molar-refractivity contribution >= 4 is 54.3 Å². The lowest BCUT2D eigenvalue weighted by atomic mass is 9.84. The lowest BCUT2D eigenvalue weighted by Gasteiger charge is -2.19. The second kappa shape index (κ2) is 11.1. The Morgan fingerprint density at radius 2 is 0.714 bits per heavy atom. The summed E-state index contributed by atoms with van der Waals surface area (Å²) in [4.78, 5) is 0. The average Bonchev–Trinajstić information content (AvgIpc) is 3.57. The molecule has 49 heavy (non-hydrogen) atoms. The first kappa shape index (κ1) is 27.7. The highest BCUT2D eigenvalue weighted by molar-refractivity contribution is 6.25. The third-order valence-corrected chi connectivity index (χ3v) is 10.1. The Hall–Kier alpha value is -6.44. The number of benzene rings is 9. The van der Waals surface area contributed by atoms with Crippen LogP contribution in [0.2, 0.25) is 0 Å². The Balaban J connectivity index is 1.25. The summed E-state index contributed by atoms with van der Waals surface area (Å²) in [5, 5.41) is 9.78. The van der Waals surface area contributed by atoms with E-state index in [1.54, 1.807) is 0 Å². The van der Waals surface area contributed by atoms with Crippen molar-refractivity contribution in [3.05, 3.63) is 182 Å². The monoisotopic (exact) mass is 622 g/mol. The van der Waals surface area contributed by atoms with Crippen LogP contribution in [0.5, 0.6) is 0 Å². The van der Waals surface area contributed by atoms with Gasteiger partial charge in [0.05, 0.1) is 0 Å². The molecule has 1 aromatic heterocycles. The van der Waals surface area contributed by atoms with E-state index in [1.807, 2.05) is 0 Å². The Morgan fingerprint density at radius 1 is 0.265 bits per heavy atom. The van der Waals surface area contributed by atoms with Crippen molar-refractivity contribution in [1.29, 1.82) is 0 Å². The lowest BCUT2D eigenvalue weighted by Crippen LogP contribution is -1.92. The van der Waals surface area contributed by atoms with Crippen LogP contribution < -0.4 is 0 Å². The minimum Gasteiger partial charge on any atom is -0.455 e. The number of hydrogen-bond donors (Lipinski definition) is 0. The molecule has 0 radical (unpaired) electrons. The van der Waals surface area contributed by atoms with Crippen LogP contribution in [-0.4, -0.2) is 0 Å². The molecular weight excluding hydrogens is 593 g/mol. The van der Waals surface area contributed by atoms with Gasteiger partial charge in [-0.3, -0.25) is 0 Å². The number of furan rings is 1. The Morgan fingerprint density at radius 3 is 1.37 bits per heavy atom. The molecule has 0 saturated heterocycles. The molecule has 10 aromatic rings. The third-order valence-electron chi connectivity index (χ3n) is 10.1. The molecule has 0 bridgehead atoms. The normalized spacial score (nSPS) is 11.7. The highest BCUT2D eigenvalue weighted by Gasteiger charge is 2.20. The van der Waals surface area contributed by atoms with Crippen LogP contribution in [-0.2, 0) is 0 Å². The molecule has 0 saturated carbocycles. The van der Waals surface area contributed by atoms with Crippen LogP contribution >= 0.6 is 0 Å². The van der Waals surface area contributed by atoms with Gasteiger partial charge in [0.1, 0.15) is 11.2 Å². The van der Waals surface area contributed by atoms with Crippen LogP contribution in [0, 0.1) is 0 Å². The van der Waals surface area contributed by atoms with Gasteiger partial charge in [0, 0.05) is 16.3 Å². The molecule has 0 atom stereocenters. The molecule has 228 valence electrons. The third kappa shape index (κ3) is 4.26. The van der Waals surface area contributed by atoms with Crippen LogP contribution in [0.1, 0.15) is 0 Å². The van der Waals surface area contributed by atoms with Gasteiger partial charge >= 0.3 is 0 Å². The fourth-order valence-electron chi connectivity index (χ4n) is 8.01. The molecule has 0 aliphatic rings. The minimum atomic E-state index is 0.900. The first-order valence-corrected chi connectivity index (χ1v) is 16.9. The SMILES string of the molecule is c1ccc(-c2c3ccccc3c(-c3cccc4c(-c5cccc6oc7c(-c8ccccc8)cccc7c56)cccc34)c3ccccc23)cc1. The summed E-state index contributed by atoms with van der Waals surface area (Å²) in [6.45, 7) is 0. The molecule has 0 amide bonds. The topological polar surface area (TPSA) is 13.1 Å². The van der Waals surface area contributed by atoms with E-state index in [9.17, 15) is 0 Å². The van der Waals surface area contributed by atoms with Crippen molar-refractivity contribution in [2.75, 3.05) is 0 Å². The lowest BCUT2D eigenvalue weighted by molar-refractivity contribution is 0.670. The number of rotatable bonds is 4. The predicted octanol–water partition coefficient (Wildman–Crippen LogP) is 13.7. The first-order chi connectivity index (χ1) is 24.3. The van der Waals surface area contributed by atoms with E-state index in [4.69, 9.17) is 4.42 Å². The molecule has 0 unspecified atom stereocenters. The van der Waals surface area contributed by atoms with E-state index in [0.717, 1.165) is 33.1 Å². The van der Waals surface area contributed by atoms with Gasteiger partial charge in [0.25, 0.3) is 0 Å². The summed E-state index contributed by atoms with van der Waals surface area (Å²) in [5.74, 6) is 0. The zero-order chi connectivity index (χ0) is 32.3. The number of hydrogen-bond acceptors (Lipinski definition) is 1. The van der Waals surface area contributed by atoms with Crippen molar-refractivity contribution in [3.63, 3.8) is 0 Å². The van der Waals surface area contributed by atoms with Crippen molar-refractivity contribution in [3.8, 4) is 44.5 Å². The maximum atomic E-state index is 6.65. The first-order valence-electron chi connectivity index (χ1n) is 16.9. The molecule has 0 spiro atoms. The van der Waals surface area contributed by atoms with Crippen LogP contribution in [0.25, 0.3) is 98.8 Å². The van der Waals surface area contributed by atoms with Gasteiger partial charge in [-0.15, -0.1) is 0 Å². The van der Waals surface area contributed by atoms with Gasteiger partial charge in [-0.1, -0.05) is 176 Å². The number of para-hydroxylation sites is 1. The summed E-state index contributed by atoms with van der Waals surface area (Å²) >= 11 is 0.